The van der Waals surface area contributed by atoms with Gasteiger partial charge in [0, 0.05) is 44.8 Å². The summed E-state index contributed by atoms with van der Waals surface area (Å²) in [6, 6.07) is 16.6. The highest BCUT2D eigenvalue weighted by Gasteiger charge is 2.27. The first-order valence-electron chi connectivity index (χ1n) is 9.86. The number of pyridine rings is 1. The molecular formula is C23H26N4OS. The van der Waals surface area contributed by atoms with E-state index in [9.17, 15) is 4.79 Å². The number of fused-ring (bicyclic) bond motifs is 1. The highest BCUT2D eigenvalue weighted by Crippen LogP contribution is 2.28. The molecule has 0 fully saturated rings. The second kappa shape index (κ2) is 8.84. The molecule has 0 radical (unpaired) electrons. The van der Waals surface area contributed by atoms with Crippen LogP contribution >= 0.6 is 11.8 Å². The number of aromatic nitrogens is 2. The van der Waals surface area contributed by atoms with E-state index in [4.69, 9.17) is 0 Å². The molecule has 0 spiro atoms. The van der Waals surface area contributed by atoms with Gasteiger partial charge in [0.25, 0.3) is 5.91 Å². The fourth-order valence-corrected chi connectivity index (χ4v) is 4.58. The van der Waals surface area contributed by atoms with Crippen LogP contribution in [-0.4, -0.2) is 39.7 Å². The number of nitrogens with zero attached hydrogens (tertiary/aromatic N) is 3. The van der Waals surface area contributed by atoms with Crippen LogP contribution in [0.15, 0.2) is 66.0 Å². The summed E-state index contributed by atoms with van der Waals surface area (Å²) in [7, 11) is 2.06. The van der Waals surface area contributed by atoms with Gasteiger partial charge in [-0.25, -0.2) is 4.98 Å². The van der Waals surface area contributed by atoms with Crippen molar-refractivity contribution in [2.45, 2.75) is 24.0 Å². The van der Waals surface area contributed by atoms with Crippen molar-refractivity contribution in [3.05, 3.63) is 83.3 Å². The maximum atomic E-state index is 12.9. The SMILES string of the molecule is CSc1ncccc1C(=O)NCC(c1cccn1C)N1CCc2ccccc2C1. The van der Waals surface area contributed by atoms with E-state index in [1.165, 1.54) is 28.6 Å². The smallest absolute Gasteiger partial charge is 0.254 e. The zero-order valence-electron chi connectivity index (χ0n) is 16.8. The maximum absolute atomic E-state index is 12.9. The monoisotopic (exact) mass is 406 g/mol. The van der Waals surface area contributed by atoms with E-state index < -0.39 is 0 Å². The Labute approximate surface area is 176 Å². The van der Waals surface area contributed by atoms with Gasteiger partial charge in [-0.3, -0.25) is 9.69 Å². The van der Waals surface area contributed by atoms with Crippen molar-refractivity contribution in [3.8, 4) is 0 Å². The average Bonchev–Trinajstić information content (AvgIpc) is 3.19. The average molecular weight is 407 g/mol. The zero-order chi connectivity index (χ0) is 20.2. The lowest BCUT2D eigenvalue weighted by Gasteiger charge is -2.36. The molecule has 150 valence electrons. The summed E-state index contributed by atoms with van der Waals surface area (Å²) in [6.07, 6.45) is 6.76. The Balaban J connectivity index is 1.55. The number of benzene rings is 1. The van der Waals surface area contributed by atoms with Crippen molar-refractivity contribution in [2.24, 2.45) is 7.05 Å². The molecule has 29 heavy (non-hydrogen) atoms. The number of aryl methyl sites for hydroxylation is 1. The van der Waals surface area contributed by atoms with E-state index in [-0.39, 0.29) is 11.9 Å². The highest BCUT2D eigenvalue weighted by atomic mass is 32.2. The van der Waals surface area contributed by atoms with Crippen LogP contribution in [0, 0.1) is 0 Å². The molecule has 1 atom stereocenters. The molecule has 1 unspecified atom stereocenters. The van der Waals surface area contributed by atoms with Crippen LogP contribution in [0.3, 0.4) is 0 Å². The predicted octanol–water partition coefficient (Wildman–Crippen LogP) is 3.67. The first-order chi connectivity index (χ1) is 14.2. The summed E-state index contributed by atoms with van der Waals surface area (Å²) in [5, 5.41) is 3.92. The lowest BCUT2D eigenvalue weighted by Crippen LogP contribution is -2.41. The third-order valence-electron chi connectivity index (χ3n) is 5.59. The van der Waals surface area contributed by atoms with E-state index in [2.05, 4.69) is 69.4 Å². The first kappa shape index (κ1) is 19.7. The van der Waals surface area contributed by atoms with E-state index in [0.29, 0.717) is 12.1 Å². The maximum Gasteiger partial charge on any atom is 0.254 e. The summed E-state index contributed by atoms with van der Waals surface area (Å²) in [6.45, 7) is 2.43. The molecule has 3 heterocycles. The van der Waals surface area contributed by atoms with E-state index in [1.54, 1.807) is 6.20 Å². The number of rotatable bonds is 6. The Morgan fingerprint density at radius 2 is 2.00 bits per heavy atom. The van der Waals surface area contributed by atoms with Gasteiger partial charge in [0.2, 0.25) is 0 Å². The van der Waals surface area contributed by atoms with Gasteiger partial charge >= 0.3 is 0 Å². The van der Waals surface area contributed by atoms with Crippen LogP contribution in [0.2, 0.25) is 0 Å². The molecule has 0 bridgehead atoms. The number of hydrogen-bond donors (Lipinski definition) is 1. The molecule has 5 nitrogen and oxygen atoms in total. The van der Waals surface area contributed by atoms with E-state index in [0.717, 1.165) is 24.5 Å². The van der Waals surface area contributed by atoms with Gasteiger partial charge in [-0.15, -0.1) is 11.8 Å². The fraction of sp³-hybridized carbons (Fsp3) is 0.304. The second-order valence-electron chi connectivity index (χ2n) is 7.32. The van der Waals surface area contributed by atoms with Gasteiger partial charge in [0.05, 0.1) is 11.6 Å². The Bertz CT molecular complexity index is 1000. The lowest BCUT2D eigenvalue weighted by molar-refractivity contribution is 0.0921. The number of hydrogen-bond acceptors (Lipinski definition) is 4. The van der Waals surface area contributed by atoms with Gasteiger partial charge in [-0.1, -0.05) is 24.3 Å². The minimum absolute atomic E-state index is 0.0703. The molecule has 1 amide bonds. The highest BCUT2D eigenvalue weighted by molar-refractivity contribution is 7.98. The summed E-state index contributed by atoms with van der Waals surface area (Å²) in [5.41, 5.74) is 4.65. The molecule has 6 heteroatoms. The lowest BCUT2D eigenvalue weighted by atomic mass is 9.98. The molecule has 1 aromatic carbocycles. The topological polar surface area (TPSA) is 50.2 Å². The number of amides is 1. The summed E-state index contributed by atoms with van der Waals surface area (Å²) >= 11 is 1.49. The van der Waals surface area contributed by atoms with Crippen LogP contribution in [0.4, 0.5) is 0 Å². The van der Waals surface area contributed by atoms with Crippen molar-refractivity contribution < 1.29 is 4.79 Å². The predicted molar refractivity (Wildman–Crippen MR) is 117 cm³/mol. The first-order valence-corrected chi connectivity index (χ1v) is 11.1. The number of nitrogens with one attached hydrogen (secondary N) is 1. The normalized spacial score (nSPS) is 15.0. The molecule has 3 aromatic rings. The Kier molecular flexibility index (Phi) is 6.02. The Morgan fingerprint density at radius 1 is 1.17 bits per heavy atom. The van der Waals surface area contributed by atoms with E-state index in [1.807, 2.05) is 18.4 Å². The number of thioether (sulfide) groups is 1. The van der Waals surface area contributed by atoms with Crippen LogP contribution in [0.25, 0.3) is 0 Å². The Morgan fingerprint density at radius 3 is 2.76 bits per heavy atom. The van der Waals surface area contributed by atoms with Gasteiger partial charge in [-0.2, -0.15) is 0 Å². The van der Waals surface area contributed by atoms with Crippen LogP contribution in [0.5, 0.6) is 0 Å². The summed E-state index contributed by atoms with van der Waals surface area (Å²) in [4.78, 5) is 19.7. The van der Waals surface area contributed by atoms with Gasteiger partial charge < -0.3 is 9.88 Å². The quantitative estimate of drug-likeness (QED) is 0.635. The second-order valence-corrected chi connectivity index (χ2v) is 8.11. The van der Waals surface area contributed by atoms with Crippen molar-refractivity contribution in [3.63, 3.8) is 0 Å². The van der Waals surface area contributed by atoms with E-state index >= 15 is 0 Å². The molecule has 4 rings (SSSR count). The molecular weight excluding hydrogens is 380 g/mol. The minimum atomic E-state index is -0.0703. The number of carbonyl (C=O) groups excluding carboxylic acids is 1. The molecule has 1 aliphatic heterocycles. The molecule has 2 aromatic heterocycles. The zero-order valence-corrected chi connectivity index (χ0v) is 17.7. The largest absolute Gasteiger partial charge is 0.353 e. The standard InChI is InChI=1S/C23H26N4OS/c1-26-13-6-10-20(26)21(27-14-11-17-7-3-4-8-18(17)16-27)15-25-22(28)19-9-5-12-24-23(19)29-2/h3-10,12-13,21H,11,14-16H2,1-2H3,(H,25,28). The summed E-state index contributed by atoms with van der Waals surface area (Å²) < 4.78 is 2.15. The van der Waals surface area contributed by atoms with Crippen molar-refractivity contribution in [1.82, 2.24) is 19.8 Å². The van der Waals surface area contributed by atoms with Crippen molar-refractivity contribution >= 4 is 17.7 Å². The van der Waals surface area contributed by atoms with Crippen LogP contribution in [0.1, 0.15) is 33.2 Å². The Hall–Kier alpha value is -2.57. The molecule has 0 aliphatic carbocycles. The third-order valence-corrected chi connectivity index (χ3v) is 6.30. The fourth-order valence-electron chi connectivity index (χ4n) is 4.04. The van der Waals surface area contributed by atoms with Crippen molar-refractivity contribution in [2.75, 3.05) is 19.3 Å². The molecule has 1 N–H and O–H groups in total. The van der Waals surface area contributed by atoms with Crippen LogP contribution < -0.4 is 5.32 Å². The minimum Gasteiger partial charge on any atom is -0.353 e. The van der Waals surface area contributed by atoms with Crippen molar-refractivity contribution in [1.29, 1.82) is 0 Å². The number of carbonyl (C=O) groups is 1. The molecule has 1 aliphatic rings. The van der Waals surface area contributed by atoms with Crippen LogP contribution in [-0.2, 0) is 20.0 Å². The van der Waals surface area contributed by atoms with Gasteiger partial charge in [-0.05, 0) is 48.1 Å². The molecule has 0 saturated carbocycles. The third kappa shape index (κ3) is 4.23. The van der Waals surface area contributed by atoms with Gasteiger partial charge in [0.15, 0.2) is 0 Å². The summed E-state index contributed by atoms with van der Waals surface area (Å²) in [5.74, 6) is -0.0703. The molecule has 0 saturated heterocycles. The van der Waals surface area contributed by atoms with Gasteiger partial charge in [0.1, 0.15) is 5.03 Å².